The van der Waals surface area contributed by atoms with Crippen LogP contribution in [-0.2, 0) is 4.79 Å². The number of hydrogen-bond acceptors (Lipinski definition) is 5. The van der Waals surface area contributed by atoms with Gasteiger partial charge in [-0.05, 0) is 31.1 Å². The van der Waals surface area contributed by atoms with Crippen molar-refractivity contribution in [3.63, 3.8) is 0 Å². The van der Waals surface area contributed by atoms with E-state index in [1.54, 1.807) is 6.20 Å². The highest BCUT2D eigenvalue weighted by Gasteiger charge is 2.27. The molecule has 1 aliphatic heterocycles. The number of piperidine rings is 1. The lowest BCUT2D eigenvalue weighted by atomic mass is 10.1. The van der Waals surface area contributed by atoms with E-state index in [0.717, 1.165) is 36.2 Å². The number of aromatic nitrogens is 4. The van der Waals surface area contributed by atoms with E-state index in [2.05, 4.69) is 31.4 Å². The molecule has 0 radical (unpaired) electrons. The van der Waals surface area contributed by atoms with Crippen LogP contribution in [0, 0.1) is 0 Å². The Morgan fingerprint density at radius 1 is 1.31 bits per heavy atom. The summed E-state index contributed by atoms with van der Waals surface area (Å²) in [4.78, 5) is 27.1. The lowest BCUT2D eigenvalue weighted by molar-refractivity contribution is -0.127. The van der Waals surface area contributed by atoms with Gasteiger partial charge in [0.15, 0.2) is 5.65 Å². The third-order valence-electron chi connectivity index (χ3n) is 4.63. The minimum atomic E-state index is -0.0358. The Morgan fingerprint density at radius 3 is 2.96 bits per heavy atom. The Balaban J connectivity index is 1.73. The molecule has 3 heterocycles. The molecule has 7 heteroatoms. The first-order valence-electron chi connectivity index (χ1n) is 8.67. The second-order valence-corrected chi connectivity index (χ2v) is 6.31. The van der Waals surface area contributed by atoms with E-state index in [0.29, 0.717) is 12.5 Å². The molecule has 1 saturated heterocycles. The van der Waals surface area contributed by atoms with Crippen LogP contribution in [0.1, 0.15) is 18.9 Å². The van der Waals surface area contributed by atoms with Gasteiger partial charge in [0.1, 0.15) is 11.8 Å². The molecule has 0 bridgehead atoms. The van der Waals surface area contributed by atoms with Gasteiger partial charge in [-0.2, -0.15) is 0 Å². The van der Waals surface area contributed by atoms with E-state index in [4.69, 9.17) is 0 Å². The van der Waals surface area contributed by atoms with E-state index >= 15 is 0 Å². The number of fused-ring (bicyclic) bond motifs is 1. The lowest BCUT2D eigenvalue weighted by Gasteiger charge is -2.33. The Hall–Kier alpha value is -3.22. The van der Waals surface area contributed by atoms with Crippen molar-refractivity contribution in [3.05, 3.63) is 55.5 Å². The zero-order chi connectivity index (χ0) is 17.9. The standard InChI is InChI=1S/C19H20N6O/c1-2-17(26)24-10-6-9-15(12-24)25-18-16(11-20-13-21-18)23-19(25)22-14-7-4-3-5-8-14/h2-5,7-8,11,13,15H,1,6,9-10,12H2,(H,22,23). The fraction of sp³-hybridized carbons (Fsp3) is 0.263. The van der Waals surface area contributed by atoms with Crippen molar-refractivity contribution in [3.8, 4) is 0 Å². The highest BCUT2D eigenvalue weighted by molar-refractivity contribution is 5.87. The topological polar surface area (TPSA) is 75.9 Å². The van der Waals surface area contributed by atoms with Crippen molar-refractivity contribution in [1.29, 1.82) is 0 Å². The third kappa shape index (κ3) is 3.03. The number of imidazole rings is 1. The molecule has 3 aromatic rings. The zero-order valence-corrected chi connectivity index (χ0v) is 14.4. The van der Waals surface area contributed by atoms with Crippen LogP contribution in [0.4, 0.5) is 11.6 Å². The van der Waals surface area contributed by atoms with Crippen molar-refractivity contribution in [2.45, 2.75) is 18.9 Å². The average molecular weight is 348 g/mol. The fourth-order valence-electron chi connectivity index (χ4n) is 3.43. The quantitative estimate of drug-likeness (QED) is 0.734. The highest BCUT2D eigenvalue weighted by Crippen LogP contribution is 2.30. The van der Waals surface area contributed by atoms with Crippen LogP contribution in [0.25, 0.3) is 11.2 Å². The van der Waals surface area contributed by atoms with Crippen molar-refractivity contribution in [2.75, 3.05) is 18.4 Å². The maximum absolute atomic E-state index is 12.1. The summed E-state index contributed by atoms with van der Waals surface area (Å²) in [7, 11) is 0. The van der Waals surface area contributed by atoms with Crippen LogP contribution in [0.15, 0.2) is 55.5 Å². The SMILES string of the molecule is C=CC(=O)N1CCCC(n2c(Nc3ccccc3)nc3cncnc32)C1. The molecule has 1 aliphatic rings. The predicted molar refractivity (Wildman–Crippen MR) is 100 cm³/mol. The van der Waals surface area contributed by atoms with E-state index in [1.807, 2.05) is 35.2 Å². The second kappa shape index (κ2) is 6.95. The van der Waals surface area contributed by atoms with Crippen LogP contribution in [0.2, 0.25) is 0 Å². The fourth-order valence-corrected chi connectivity index (χ4v) is 3.43. The Labute approximate surface area is 151 Å². The van der Waals surface area contributed by atoms with Gasteiger partial charge in [-0.15, -0.1) is 0 Å². The number of likely N-dealkylation sites (tertiary alicyclic amines) is 1. The molecule has 1 aromatic carbocycles. The van der Waals surface area contributed by atoms with Crippen LogP contribution in [-0.4, -0.2) is 43.4 Å². The highest BCUT2D eigenvalue weighted by atomic mass is 16.2. The summed E-state index contributed by atoms with van der Waals surface area (Å²) in [6.07, 6.45) is 6.51. The molecule has 2 aromatic heterocycles. The van der Waals surface area contributed by atoms with Gasteiger partial charge in [-0.1, -0.05) is 24.8 Å². The number of amides is 1. The number of carbonyl (C=O) groups is 1. The lowest BCUT2D eigenvalue weighted by Crippen LogP contribution is -2.40. The number of benzene rings is 1. The van der Waals surface area contributed by atoms with Gasteiger partial charge in [0, 0.05) is 18.8 Å². The minimum absolute atomic E-state index is 0.0358. The van der Waals surface area contributed by atoms with Gasteiger partial charge >= 0.3 is 0 Å². The summed E-state index contributed by atoms with van der Waals surface area (Å²) >= 11 is 0. The predicted octanol–water partition coefficient (Wildman–Crippen LogP) is 2.92. The van der Waals surface area contributed by atoms with Crippen molar-refractivity contribution >= 4 is 28.7 Å². The number of carbonyl (C=O) groups excluding carboxylic acids is 1. The number of anilines is 2. The summed E-state index contributed by atoms with van der Waals surface area (Å²) < 4.78 is 2.09. The molecule has 26 heavy (non-hydrogen) atoms. The Kier molecular flexibility index (Phi) is 4.35. The molecular formula is C19H20N6O. The molecule has 0 spiro atoms. The van der Waals surface area contributed by atoms with Crippen molar-refractivity contribution < 1.29 is 4.79 Å². The normalized spacial score (nSPS) is 17.2. The third-order valence-corrected chi connectivity index (χ3v) is 4.63. The van der Waals surface area contributed by atoms with Crippen LogP contribution in [0.5, 0.6) is 0 Å². The van der Waals surface area contributed by atoms with Gasteiger partial charge in [0.05, 0.1) is 12.2 Å². The molecule has 132 valence electrons. The molecule has 1 unspecified atom stereocenters. The molecule has 1 N–H and O–H groups in total. The molecule has 1 amide bonds. The molecule has 1 atom stereocenters. The zero-order valence-electron chi connectivity index (χ0n) is 14.4. The summed E-state index contributed by atoms with van der Waals surface area (Å²) in [5.74, 6) is 0.677. The number of nitrogens with zero attached hydrogens (tertiary/aromatic N) is 5. The number of nitrogens with one attached hydrogen (secondary N) is 1. The first-order chi connectivity index (χ1) is 12.8. The van der Waals surface area contributed by atoms with Crippen LogP contribution >= 0.6 is 0 Å². The summed E-state index contributed by atoms with van der Waals surface area (Å²) in [5.41, 5.74) is 2.46. The van der Waals surface area contributed by atoms with Gasteiger partial charge < -0.3 is 10.2 Å². The summed E-state index contributed by atoms with van der Waals surface area (Å²) in [5, 5.41) is 3.38. The molecular weight excluding hydrogens is 328 g/mol. The average Bonchev–Trinajstić information content (AvgIpc) is 3.06. The molecule has 0 saturated carbocycles. The van der Waals surface area contributed by atoms with Gasteiger partial charge in [0.25, 0.3) is 0 Å². The number of hydrogen-bond donors (Lipinski definition) is 1. The van der Waals surface area contributed by atoms with Gasteiger partial charge in [0.2, 0.25) is 11.9 Å². The largest absolute Gasteiger partial charge is 0.337 e. The van der Waals surface area contributed by atoms with E-state index in [9.17, 15) is 4.79 Å². The molecule has 7 nitrogen and oxygen atoms in total. The van der Waals surface area contributed by atoms with E-state index in [-0.39, 0.29) is 11.9 Å². The minimum Gasteiger partial charge on any atom is -0.337 e. The van der Waals surface area contributed by atoms with Crippen molar-refractivity contribution in [2.24, 2.45) is 0 Å². The molecule has 1 fully saturated rings. The Bertz CT molecular complexity index is 936. The maximum Gasteiger partial charge on any atom is 0.246 e. The van der Waals surface area contributed by atoms with E-state index in [1.165, 1.54) is 12.4 Å². The molecule has 4 rings (SSSR count). The van der Waals surface area contributed by atoms with Crippen LogP contribution < -0.4 is 5.32 Å². The van der Waals surface area contributed by atoms with Crippen molar-refractivity contribution in [1.82, 2.24) is 24.4 Å². The second-order valence-electron chi connectivity index (χ2n) is 6.31. The molecule has 0 aliphatic carbocycles. The Morgan fingerprint density at radius 2 is 2.15 bits per heavy atom. The van der Waals surface area contributed by atoms with E-state index < -0.39 is 0 Å². The van der Waals surface area contributed by atoms with Gasteiger partial charge in [-0.25, -0.2) is 15.0 Å². The van der Waals surface area contributed by atoms with Gasteiger partial charge in [-0.3, -0.25) is 9.36 Å². The summed E-state index contributed by atoms with van der Waals surface area (Å²) in [6.45, 7) is 4.97. The first-order valence-corrected chi connectivity index (χ1v) is 8.67. The van der Waals surface area contributed by atoms with Crippen LogP contribution in [0.3, 0.4) is 0 Å². The smallest absolute Gasteiger partial charge is 0.246 e. The summed E-state index contributed by atoms with van der Waals surface area (Å²) in [6, 6.07) is 9.99. The number of rotatable bonds is 4. The first kappa shape index (κ1) is 16.3. The number of para-hydroxylation sites is 1. The monoisotopic (exact) mass is 348 g/mol. The maximum atomic E-state index is 12.1.